The minimum Gasteiger partial charge on any atom is -0.466 e. The molecule has 8 heteroatoms. The van der Waals surface area contributed by atoms with E-state index in [0.717, 1.165) is 11.1 Å². The Morgan fingerprint density at radius 2 is 1.36 bits per heavy atom. The number of esters is 2. The lowest BCUT2D eigenvalue weighted by Gasteiger charge is -2.39. The zero-order valence-electron chi connectivity index (χ0n) is 29.1. The summed E-state index contributed by atoms with van der Waals surface area (Å²) in [7, 11) is 0. The van der Waals surface area contributed by atoms with Crippen LogP contribution in [0, 0.1) is 0 Å². The van der Waals surface area contributed by atoms with E-state index in [4.69, 9.17) is 23.4 Å². The van der Waals surface area contributed by atoms with Crippen molar-refractivity contribution in [3.05, 3.63) is 161 Å². The third-order valence-electron chi connectivity index (χ3n) is 9.36. The average molecular weight is 703 g/mol. The lowest BCUT2D eigenvalue weighted by Crippen LogP contribution is -2.43. The van der Waals surface area contributed by atoms with E-state index in [1.807, 2.05) is 121 Å². The van der Waals surface area contributed by atoms with E-state index in [1.54, 1.807) is 13.8 Å². The Morgan fingerprint density at radius 3 is 2.08 bits per heavy atom. The van der Waals surface area contributed by atoms with Gasteiger partial charge in [-0.15, -0.1) is 0 Å². The molecule has 6 aromatic carbocycles. The number of carbonyl (C=O) groups is 2. The maximum Gasteiger partial charge on any atom is 0.336 e. The number of fused-ring (bicyclic) bond motifs is 4. The summed E-state index contributed by atoms with van der Waals surface area (Å²) in [6, 6.07) is 39.4. The van der Waals surface area contributed by atoms with Crippen LogP contribution in [0.15, 0.2) is 143 Å². The fourth-order valence-electron chi connectivity index (χ4n) is 7.21. The normalized spacial score (nSPS) is 15.2. The van der Waals surface area contributed by atoms with Crippen LogP contribution in [0.25, 0.3) is 49.2 Å². The highest BCUT2D eigenvalue weighted by Crippen LogP contribution is 2.54. The minimum atomic E-state index is -1.65. The largest absolute Gasteiger partial charge is 0.466 e. The Bertz CT molecular complexity index is 2610. The number of benzene rings is 6. The molecular formula is C45H34O8. The van der Waals surface area contributed by atoms with Gasteiger partial charge >= 0.3 is 17.6 Å². The number of hydrogen-bond donors (Lipinski definition) is 0. The molecule has 0 N–H and O–H groups in total. The summed E-state index contributed by atoms with van der Waals surface area (Å²) in [4.78, 5) is 40.1. The lowest BCUT2D eigenvalue weighted by molar-refractivity contribution is -0.169. The van der Waals surface area contributed by atoms with Gasteiger partial charge < -0.3 is 23.4 Å². The van der Waals surface area contributed by atoms with E-state index in [2.05, 4.69) is 0 Å². The molecule has 0 spiro atoms. The summed E-state index contributed by atoms with van der Waals surface area (Å²) < 4.78 is 30.9. The van der Waals surface area contributed by atoms with Gasteiger partial charge in [0, 0.05) is 23.1 Å². The molecule has 0 bridgehead atoms. The highest BCUT2D eigenvalue weighted by atomic mass is 16.7. The molecule has 1 aromatic heterocycles. The van der Waals surface area contributed by atoms with Crippen molar-refractivity contribution in [2.75, 3.05) is 13.2 Å². The molecule has 0 aliphatic carbocycles. The molecule has 0 radical (unpaired) electrons. The fraction of sp³-hybridized carbons (Fsp3) is 0.133. The van der Waals surface area contributed by atoms with Gasteiger partial charge in [0.1, 0.15) is 17.9 Å². The van der Waals surface area contributed by atoms with Gasteiger partial charge in [0.15, 0.2) is 5.58 Å². The zero-order chi connectivity index (χ0) is 36.5. The van der Waals surface area contributed by atoms with Crippen LogP contribution in [0.1, 0.15) is 37.0 Å². The lowest BCUT2D eigenvalue weighted by atomic mass is 9.85. The van der Waals surface area contributed by atoms with Crippen LogP contribution in [-0.4, -0.2) is 25.2 Å². The van der Waals surface area contributed by atoms with Crippen LogP contribution in [0.2, 0.25) is 0 Å². The van der Waals surface area contributed by atoms with E-state index in [1.165, 1.54) is 12.1 Å². The Balaban J connectivity index is 1.54. The van der Waals surface area contributed by atoms with Gasteiger partial charge in [-0.1, -0.05) is 109 Å². The van der Waals surface area contributed by atoms with Crippen molar-refractivity contribution in [3.8, 4) is 22.6 Å². The van der Waals surface area contributed by atoms with Crippen molar-refractivity contribution < 1.29 is 33.0 Å². The summed E-state index contributed by atoms with van der Waals surface area (Å²) in [6.45, 7) is 3.88. The van der Waals surface area contributed by atoms with Crippen molar-refractivity contribution in [3.63, 3.8) is 0 Å². The molecule has 0 fully saturated rings. The predicted octanol–water partition coefficient (Wildman–Crippen LogP) is 9.34. The molecule has 0 saturated heterocycles. The zero-order valence-corrected chi connectivity index (χ0v) is 29.1. The van der Waals surface area contributed by atoms with Crippen molar-refractivity contribution in [2.45, 2.75) is 26.1 Å². The molecule has 7 aromatic rings. The molecule has 0 saturated carbocycles. The van der Waals surface area contributed by atoms with Gasteiger partial charge in [-0.25, -0.2) is 9.59 Å². The van der Waals surface area contributed by atoms with Crippen LogP contribution in [0.3, 0.4) is 0 Å². The van der Waals surface area contributed by atoms with Gasteiger partial charge in [0.25, 0.3) is 5.79 Å². The van der Waals surface area contributed by atoms with E-state index in [-0.39, 0.29) is 25.2 Å². The maximum atomic E-state index is 13.5. The third kappa shape index (κ3) is 5.98. The number of hydrogen-bond acceptors (Lipinski definition) is 8. The summed E-state index contributed by atoms with van der Waals surface area (Å²) in [5.41, 5.74) is 3.86. The first-order chi connectivity index (χ1) is 25.9. The van der Waals surface area contributed by atoms with E-state index >= 15 is 0 Å². The quantitative estimate of drug-likeness (QED) is 0.0482. The van der Waals surface area contributed by atoms with Crippen molar-refractivity contribution in [1.82, 2.24) is 0 Å². The maximum absolute atomic E-state index is 13.5. The van der Waals surface area contributed by atoms with E-state index in [9.17, 15) is 14.4 Å². The van der Waals surface area contributed by atoms with Gasteiger partial charge in [0.2, 0.25) is 0 Å². The Morgan fingerprint density at radius 1 is 0.698 bits per heavy atom. The number of rotatable bonds is 9. The molecule has 8 rings (SSSR count). The van der Waals surface area contributed by atoms with Crippen molar-refractivity contribution >= 4 is 50.0 Å². The summed E-state index contributed by atoms with van der Waals surface area (Å²) in [5, 5.41) is 3.08. The topological polar surface area (TPSA) is 101 Å². The molecule has 262 valence electrons. The summed E-state index contributed by atoms with van der Waals surface area (Å²) >= 11 is 0. The second-order valence-electron chi connectivity index (χ2n) is 12.6. The SMILES string of the molecule is CCOC(=O)/C=C(/c1ccccc1)c1c2cccc3c2c(c2c1ccc1c(-c4ccccc4)cc(=O)oc12)OC(CC(=O)OCC)(c1ccccc1)O3. The van der Waals surface area contributed by atoms with Crippen molar-refractivity contribution in [2.24, 2.45) is 0 Å². The first-order valence-electron chi connectivity index (χ1n) is 17.5. The molecule has 8 nitrogen and oxygen atoms in total. The molecule has 1 unspecified atom stereocenters. The number of ether oxygens (including phenoxy) is 4. The second kappa shape index (κ2) is 13.8. The van der Waals surface area contributed by atoms with E-state index < -0.39 is 23.4 Å². The molecule has 1 aliphatic heterocycles. The molecule has 53 heavy (non-hydrogen) atoms. The van der Waals surface area contributed by atoms with E-state index in [0.29, 0.717) is 60.7 Å². The summed E-state index contributed by atoms with van der Waals surface area (Å²) in [6.07, 6.45) is 1.22. The monoisotopic (exact) mass is 702 g/mol. The Kier molecular flexibility index (Phi) is 8.72. The van der Waals surface area contributed by atoms with Crippen LogP contribution in [-0.2, 0) is 24.8 Å². The average Bonchev–Trinajstić information content (AvgIpc) is 3.18. The summed E-state index contributed by atoms with van der Waals surface area (Å²) in [5.74, 6) is -1.88. The van der Waals surface area contributed by atoms with Gasteiger partial charge in [-0.05, 0) is 64.6 Å². The van der Waals surface area contributed by atoms with Crippen LogP contribution >= 0.6 is 0 Å². The first-order valence-corrected chi connectivity index (χ1v) is 17.5. The molecular weight excluding hydrogens is 668 g/mol. The Hall–Kier alpha value is -6.67. The fourth-order valence-corrected chi connectivity index (χ4v) is 7.21. The number of carbonyl (C=O) groups excluding carboxylic acids is 2. The molecule has 0 amide bonds. The third-order valence-corrected chi connectivity index (χ3v) is 9.36. The highest BCUT2D eigenvalue weighted by Gasteiger charge is 2.45. The highest BCUT2D eigenvalue weighted by molar-refractivity contribution is 6.24. The molecule has 2 heterocycles. The smallest absolute Gasteiger partial charge is 0.336 e. The van der Waals surface area contributed by atoms with Gasteiger partial charge in [-0.3, -0.25) is 4.79 Å². The van der Waals surface area contributed by atoms with Gasteiger partial charge in [-0.2, -0.15) is 0 Å². The van der Waals surface area contributed by atoms with Crippen molar-refractivity contribution in [1.29, 1.82) is 0 Å². The second-order valence-corrected chi connectivity index (χ2v) is 12.6. The van der Waals surface area contributed by atoms with Crippen LogP contribution < -0.4 is 15.1 Å². The minimum absolute atomic E-state index is 0.176. The Labute approximate surface area is 304 Å². The standard InChI is InChI=1S/C45H34O8/c1-3-49-37(46)26-35(29-17-10-6-11-18-29)40-32-21-14-22-36-41(32)44(53-45(52-36,27-39(48)50-4-2)30-19-12-7-13-20-30)42-33(40)24-23-31-34(25-38(47)51-43(31)42)28-15-8-5-9-16-28/h5-26H,3-4,27H2,1-2H3/b35-26-. The van der Waals surface area contributed by atoms with Gasteiger partial charge in [0.05, 0.1) is 24.0 Å². The predicted molar refractivity (Wildman–Crippen MR) is 204 cm³/mol. The molecule has 1 aliphatic rings. The first kappa shape index (κ1) is 33.5. The molecule has 1 atom stereocenters. The van der Waals surface area contributed by atoms with Crippen LogP contribution in [0.5, 0.6) is 11.5 Å². The van der Waals surface area contributed by atoms with Crippen LogP contribution in [0.4, 0.5) is 0 Å².